The number of halogens is 4. The molecule has 2 aromatic carbocycles. The van der Waals surface area contributed by atoms with Crippen LogP contribution in [0.3, 0.4) is 0 Å². The highest BCUT2D eigenvalue weighted by Gasteiger charge is 2.28. The van der Waals surface area contributed by atoms with Gasteiger partial charge in [0.15, 0.2) is 0 Å². The summed E-state index contributed by atoms with van der Waals surface area (Å²) < 4.78 is 63.5. The molecule has 0 fully saturated rings. The van der Waals surface area contributed by atoms with E-state index in [1.807, 2.05) is 0 Å². The number of sulfonamides is 1. The molecular formula is C17H16BrF3N2O3S2. The van der Waals surface area contributed by atoms with Crippen LogP contribution in [0.5, 0.6) is 0 Å². The van der Waals surface area contributed by atoms with Gasteiger partial charge in [0.25, 0.3) is 5.91 Å². The molecule has 5 nitrogen and oxygen atoms in total. The summed E-state index contributed by atoms with van der Waals surface area (Å²) in [5, 5.41) is 2.54. The maximum Gasteiger partial charge on any atom is 0.398 e. The van der Waals surface area contributed by atoms with Crippen LogP contribution in [0.1, 0.15) is 10.4 Å². The van der Waals surface area contributed by atoms with Crippen molar-refractivity contribution in [1.29, 1.82) is 0 Å². The number of hydrogen-bond donors (Lipinski definition) is 1. The molecule has 0 spiro atoms. The van der Waals surface area contributed by atoms with Crippen molar-refractivity contribution in [2.75, 3.05) is 25.2 Å². The normalized spacial score (nSPS) is 12.2. The van der Waals surface area contributed by atoms with E-state index in [2.05, 4.69) is 21.2 Å². The summed E-state index contributed by atoms with van der Waals surface area (Å²) in [6.07, 6.45) is -4.34. The van der Waals surface area contributed by atoms with E-state index < -0.39 is 27.9 Å². The molecule has 2 aromatic rings. The van der Waals surface area contributed by atoms with Crippen LogP contribution >= 0.6 is 27.7 Å². The van der Waals surface area contributed by atoms with Gasteiger partial charge in [0.2, 0.25) is 10.0 Å². The van der Waals surface area contributed by atoms with Crippen molar-refractivity contribution < 1.29 is 26.4 Å². The fraction of sp³-hybridized carbons (Fsp3) is 0.235. The molecule has 0 atom stereocenters. The standard InChI is InChI=1S/C17H16BrF3N2O3S2/c1-23(2)28(25,26)15-9-11(7-8-12(15)18)16(24)22-13-5-3-4-6-14(13)27-10-17(19,20)21/h3-9H,10H2,1-2H3,(H,22,24). The van der Waals surface area contributed by atoms with Crippen molar-refractivity contribution in [3.05, 3.63) is 52.5 Å². The van der Waals surface area contributed by atoms with Crippen molar-refractivity contribution in [2.45, 2.75) is 16.0 Å². The van der Waals surface area contributed by atoms with Crippen LogP contribution < -0.4 is 5.32 Å². The Balaban J connectivity index is 2.30. The molecule has 1 amide bonds. The molecule has 152 valence electrons. The highest BCUT2D eigenvalue weighted by molar-refractivity contribution is 9.10. The quantitative estimate of drug-likeness (QED) is 0.593. The maximum absolute atomic E-state index is 12.6. The Morgan fingerprint density at radius 2 is 1.82 bits per heavy atom. The summed E-state index contributed by atoms with van der Waals surface area (Å²) in [4.78, 5) is 12.7. The van der Waals surface area contributed by atoms with E-state index in [4.69, 9.17) is 0 Å². The highest BCUT2D eigenvalue weighted by Crippen LogP contribution is 2.32. The summed E-state index contributed by atoms with van der Waals surface area (Å²) in [5.74, 6) is -1.73. The Morgan fingerprint density at radius 1 is 1.18 bits per heavy atom. The monoisotopic (exact) mass is 496 g/mol. The Kier molecular flexibility index (Phi) is 7.18. The number of amides is 1. The number of para-hydroxylation sites is 1. The molecule has 1 N–H and O–H groups in total. The lowest BCUT2D eigenvalue weighted by Gasteiger charge is -2.15. The number of hydrogen-bond acceptors (Lipinski definition) is 4. The van der Waals surface area contributed by atoms with Crippen LogP contribution in [0, 0.1) is 0 Å². The van der Waals surface area contributed by atoms with Crippen LogP contribution in [0.2, 0.25) is 0 Å². The van der Waals surface area contributed by atoms with Crippen molar-refractivity contribution in [1.82, 2.24) is 4.31 Å². The van der Waals surface area contributed by atoms with Gasteiger partial charge < -0.3 is 5.32 Å². The molecule has 0 bridgehead atoms. The van der Waals surface area contributed by atoms with Crippen molar-refractivity contribution in [3.63, 3.8) is 0 Å². The smallest absolute Gasteiger partial charge is 0.321 e. The number of carbonyl (C=O) groups excluding carboxylic acids is 1. The molecule has 0 aliphatic heterocycles. The number of nitrogens with one attached hydrogen (secondary N) is 1. The third-order valence-electron chi connectivity index (χ3n) is 3.48. The predicted octanol–water partition coefficient (Wildman–Crippen LogP) is 4.61. The number of anilines is 1. The Hall–Kier alpha value is -1.56. The molecule has 0 unspecified atom stereocenters. The molecule has 0 saturated heterocycles. The second-order valence-corrected chi connectivity index (χ2v) is 9.78. The highest BCUT2D eigenvalue weighted by atomic mass is 79.9. The lowest BCUT2D eigenvalue weighted by Crippen LogP contribution is -2.23. The number of thioether (sulfide) groups is 1. The van der Waals surface area contributed by atoms with Crippen molar-refractivity contribution in [3.8, 4) is 0 Å². The first-order valence-electron chi connectivity index (χ1n) is 7.74. The topological polar surface area (TPSA) is 66.5 Å². The van der Waals surface area contributed by atoms with Crippen molar-refractivity contribution in [2.24, 2.45) is 0 Å². The molecule has 0 heterocycles. The number of alkyl halides is 3. The van der Waals surface area contributed by atoms with Gasteiger partial charge in [-0.25, -0.2) is 12.7 Å². The maximum atomic E-state index is 12.6. The summed E-state index contributed by atoms with van der Waals surface area (Å²) in [6.45, 7) is 0. The van der Waals surface area contributed by atoms with Crippen LogP contribution in [0.25, 0.3) is 0 Å². The van der Waals surface area contributed by atoms with Gasteiger partial charge in [0.05, 0.1) is 16.3 Å². The van der Waals surface area contributed by atoms with Crippen LogP contribution in [0.4, 0.5) is 18.9 Å². The summed E-state index contributed by atoms with van der Waals surface area (Å²) in [6, 6.07) is 10.1. The molecular weight excluding hydrogens is 481 g/mol. The molecule has 0 saturated carbocycles. The van der Waals surface area contributed by atoms with Gasteiger partial charge in [-0.1, -0.05) is 12.1 Å². The van der Waals surface area contributed by atoms with Crippen molar-refractivity contribution >= 4 is 49.3 Å². The predicted molar refractivity (Wildman–Crippen MR) is 106 cm³/mol. The number of nitrogens with zero attached hydrogens (tertiary/aromatic N) is 1. The molecule has 0 aromatic heterocycles. The average Bonchev–Trinajstić information content (AvgIpc) is 2.60. The second-order valence-electron chi connectivity index (χ2n) is 5.79. The fourth-order valence-corrected chi connectivity index (χ4v) is 4.70. The molecule has 0 aliphatic rings. The first-order chi connectivity index (χ1) is 12.9. The molecule has 0 radical (unpaired) electrons. The van der Waals surface area contributed by atoms with E-state index in [1.54, 1.807) is 12.1 Å². The van der Waals surface area contributed by atoms with Gasteiger partial charge in [-0.15, -0.1) is 11.8 Å². The van der Waals surface area contributed by atoms with Gasteiger partial charge in [0, 0.05) is 29.0 Å². The molecule has 0 aliphatic carbocycles. The van der Waals surface area contributed by atoms with E-state index in [0.29, 0.717) is 16.2 Å². The first-order valence-corrected chi connectivity index (χ1v) is 11.0. The number of carbonyl (C=O) groups is 1. The van der Waals surface area contributed by atoms with Gasteiger partial charge in [-0.2, -0.15) is 13.2 Å². The van der Waals surface area contributed by atoms with Crippen LogP contribution in [-0.4, -0.2) is 44.7 Å². The van der Waals surface area contributed by atoms with E-state index >= 15 is 0 Å². The number of benzene rings is 2. The Labute approximate surface area is 173 Å². The molecule has 2 rings (SSSR count). The number of rotatable bonds is 6. The van der Waals surface area contributed by atoms with E-state index in [9.17, 15) is 26.4 Å². The third kappa shape index (κ3) is 5.72. The fourth-order valence-electron chi connectivity index (χ4n) is 2.09. The summed E-state index contributed by atoms with van der Waals surface area (Å²) in [7, 11) is -1.06. The SMILES string of the molecule is CN(C)S(=O)(=O)c1cc(C(=O)Nc2ccccc2SCC(F)(F)F)ccc1Br. The van der Waals surface area contributed by atoms with Gasteiger partial charge in [0.1, 0.15) is 0 Å². The lowest BCUT2D eigenvalue weighted by atomic mass is 10.2. The largest absolute Gasteiger partial charge is 0.398 e. The zero-order chi connectivity index (χ0) is 21.1. The molecule has 11 heteroatoms. The van der Waals surface area contributed by atoms with E-state index in [1.165, 1.54) is 44.4 Å². The van der Waals surface area contributed by atoms with Crippen LogP contribution in [-0.2, 0) is 10.0 Å². The second kappa shape index (κ2) is 8.85. The van der Waals surface area contributed by atoms with E-state index in [-0.39, 0.29) is 21.0 Å². The van der Waals surface area contributed by atoms with E-state index in [0.717, 1.165) is 4.31 Å². The Morgan fingerprint density at radius 3 is 2.43 bits per heavy atom. The minimum Gasteiger partial charge on any atom is -0.321 e. The Bertz CT molecular complexity index is 980. The van der Waals surface area contributed by atoms with Gasteiger partial charge >= 0.3 is 6.18 Å². The minimum absolute atomic E-state index is 0.0549. The molecule has 28 heavy (non-hydrogen) atoms. The van der Waals surface area contributed by atoms with Gasteiger partial charge in [-0.3, -0.25) is 4.79 Å². The minimum atomic E-state index is -4.34. The zero-order valence-electron chi connectivity index (χ0n) is 14.7. The van der Waals surface area contributed by atoms with Gasteiger partial charge in [-0.05, 0) is 46.3 Å². The third-order valence-corrected chi connectivity index (χ3v) is 7.43. The van der Waals surface area contributed by atoms with Crippen LogP contribution in [0.15, 0.2) is 56.7 Å². The summed E-state index contributed by atoms with van der Waals surface area (Å²) in [5.41, 5.74) is 0.265. The first kappa shape index (κ1) is 22.7. The zero-order valence-corrected chi connectivity index (χ0v) is 18.0. The summed E-state index contributed by atoms with van der Waals surface area (Å²) >= 11 is 3.71. The lowest BCUT2D eigenvalue weighted by molar-refractivity contribution is -0.105. The average molecular weight is 497 g/mol.